The van der Waals surface area contributed by atoms with E-state index in [0.717, 1.165) is 38.6 Å². The zero-order valence-corrected chi connectivity index (χ0v) is 8.63. The Bertz CT molecular complexity index is 204. The van der Waals surface area contributed by atoms with Gasteiger partial charge in [-0.1, -0.05) is 0 Å². The number of hydrogen-bond acceptors (Lipinski definition) is 3. The van der Waals surface area contributed by atoms with Crippen molar-refractivity contribution >= 4 is 0 Å². The third-order valence-corrected chi connectivity index (χ3v) is 3.65. The Kier molecular flexibility index (Phi) is 2.26. The van der Waals surface area contributed by atoms with Crippen LogP contribution in [0, 0.1) is 5.92 Å². The first-order chi connectivity index (χ1) is 6.88. The average molecular weight is 197 g/mol. The minimum Gasteiger partial charge on any atom is -0.377 e. The molecule has 0 radical (unpaired) electrons. The van der Waals surface area contributed by atoms with E-state index in [1.807, 2.05) is 0 Å². The summed E-state index contributed by atoms with van der Waals surface area (Å²) in [6, 6.07) is 0.699. The highest BCUT2D eigenvalue weighted by molar-refractivity contribution is 4.95. The van der Waals surface area contributed by atoms with Crippen LogP contribution >= 0.6 is 0 Å². The van der Waals surface area contributed by atoms with Gasteiger partial charge in [-0.3, -0.25) is 5.32 Å². The third kappa shape index (κ3) is 1.69. The second-order valence-corrected chi connectivity index (χ2v) is 4.88. The van der Waals surface area contributed by atoms with Crippen LogP contribution in [0.25, 0.3) is 0 Å². The van der Waals surface area contributed by atoms with Gasteiger partial charge in [0.15, 0.2) is 0 Å². The Balaban J connectivity index is 1.66. The van der Waals surface area contributed by atoms with Gasteiger partial charge in [0.2, 0.25) is 0 Å². The lowest BCUT2D eigenvalue weighted by molar-refractivity contribution is -0.175. The molecule has 3 nitrogen and oxygen atoms in total. The molecule has 0 bridgehead atoms. The van der Waals surface area contributed by atoms with Gasteiger partial charge in [0, 0.05) is 12.6 Å². The molecule has 14 heavy (non-hydrogen) atoms. The van der Waals surface area contributed by atoms with Crippen molar-refractivity contribution in [3.05, 3.63) is 0 Å². The molecule has 1 spiro atoms. The molecule has 0 aromatic rings. The number of nitrogens with one attached hydrogen (secondary N) is 1. The Morgan fingerprint density at radius 3 is 2.79 bits per heavy atom. The van der Waals surface area contributed by atoms with Gasteiger partial charge in [-0.15, -0.1) is 0 Å². The number of ether oxygens (including phenoxy) is 2. The Morgan fingerprint density at radius 1 is 1.14 bits per heavy atom. The lowest BCUT2D eigenvalue weighted by atomic mass is 9.99. The monoisotopic (exact) mass is 197 g/mol. The molecule has 0 amide bonds. The summed E-state index contributed by atoms with van der Waals surface area (Å²) >= 11 is 0. The zero-order valence-electron chi connectivity index (χ0n) is 8.63. The van der Waals surface area contributed by atoms with Crippen LogP contribution in [-0.4, -0.2) is 31.6 Å². The molecular weight excluding hydrogens is 178 g/mol. The first kappa shape index (κ1) is 9.13. The summed E-state index contributed by atoms with van der Waals surface area (Å²) in [7, 11) is 0. The highest BCUT2D eigenvalue weighted by atomic mass is 16.6. The van der Waals surface area contributed by atoms with Crippen molar-refractivity contribution in [1.82, 2.24) is 5.32 Å². The summed E-state index contributed by atoms with van der Waals surface area (Å²) in [5.74, 6) is 0.928. The highest BCUT2D eigenvalue weighted by Crippen LogP contribution is 2.38. The van der Waals surface area contributed by atoms with E-state index in [9.17, 15) is 0 Å². The molecule has 3 heteroatoms. The van der Waals surface area contributed by atoms with Crippen molar-refractivity contribution in [1.29, 1.82) is 0 Å². The Morgan fingerprint density at radius 2 is 2.07 bits per heavy atom. The SMILES string of the molecule is C1COCC2(C1)NC(C1CC1)CCO2. The van der Waals surface area contributed by atoms with Crippen LogP contribution in [0.15, 0.2) is 0 Å². The summed E-state index contributed by atoms with van der Waals surface area (Å²) in [5, 5.41) is 3.68. The molecule has 2 atom stereocenters. The molecule has 2 saturated heterocycles. The molecule has 3 aliphatic rings. The largest absolute Gasteiger partial charge is 0.377 e. The van der Waals surface area contributed by atoms with Gasteiger partial charge < -0.3 is 9.47 Å². The van der Waals surface area contributed by atoms with Crippen molar-refractivity contribution in [3.8, 4) is 0 Å². The van der Waals surface area contributed by atoms with Gasteiger partial charge >= 0.3 is 0 Å². The van der Waals surface area contributed by atoms with Gasteiger partial charge in [0.25, 0.3) is 0 Å². The molecule has 0 aromatic carbocycles. The maximum absolute atomic E-state index is 5.88. The summed E-state index contributed by atoms with van der Waals surface area (Å²) in [6.45, 7) is 2.56. The molecule has 1 N–H and O–H groups in total. The van der Waals surface area contributed by atoms with Gasteiger partial charge in [0.1, 0.15) is 5.72 Å². The Labute approximate surface area is 85.1 Å². The molecule has 3 rings (SSSR count). The average Bonchev–Trinajstić information content (AvgIpc) is 3.02. The first-order valence-corrected chi connectivity index (χ1v) is 5.87. The van der Waals surface area contributed by atoms with Crippen LogP contribution < -0.4 is 5.32 Å². The van der Waals surface area contributed by atoms with E-state index in [-0.39, 0.29) is 5.72 Å². The van der Waals surface area contributed by atoms with E-state index in [1.54, 1.807) is 0 Å². The maximum atomic E-state index is 5.88. The highest BCUT2D eigenvalue weighted by Gasteiger charge is 2.43. The Hall–Kier alpha value is -0.120. The van der Waals surface area contributed by atoms with Crippen molar-refractivity contribution in [2.45, 2.75) is 43.9 Å². The fraction of sp³-hybridized carbons (Fsp3) is 1.00. The van der Waals surface area contributed by atoms with Gasteiger partial charge in [0.05, 0.1) is 13.2 Å². The van der Waals surface area contributed by atoms with E-state index in [0.29, 0.717) is 6.04 Å². The van der Waals surface area contributed by atoms with Crippen molar-refractivity contribution in [3.63, 3.8) is 0 Å². The van der Waals surface area contributed by atoms with E-state index >= 15 is 0 Å². The maximum Gasteiger partial charge on any atom is 0.143 e. The molecule has 2 unspecified atom stereocenters. The van der Waals surface area contributed by atoms with Crippen LogP contribution in [0.4, 0.5) is 0 Å². The minimum atomic E-state index is -0.121. The predicted octanol–water partition coefficient (Wildman–Crippen LogP) is 1.28. The van der Waals surface area contributed by atoms with Crippen LogP contribution in [0.2, 0.25) is 0 Å². The minimum absolute atomic E-state index is 0.121. The van der Waals surface area contributed by atoms with Crippen LogP contribution in [0.3, 0.4) is 0 Å². The van der Waals surface area contributed by atoms with Gasteiger partial charge in [-0.25, -0.2) is 0 Å². The fourth-order valence-corrected chi connectivity index (χ4v) is 2.68. The predicted molar refractivity (Wildman–Crippen MR) is 53.0 cm³/mol. The van der Waals surface area contributed by atoms with Gasteiger partial charge in [-0.05, 0) is 38.0 Å². The summed E-state index contributed by atoms with van der Waals surface area (Å²) < 4.78 is 11.4. The molecule has 1 saturated carbocycles. The smallest absolute Gasteiger partial charge is 0.143 e. The molecule has 80 valence electrons. The van der Waals surface area contributed by atoms with Crippen molar-refractivity contribution in [2.75, 3.05) is 19.8 Å². The van der Waals surface area contributed by atoms with Crippen molar-refractivity contribution in [2.24, 2.45) is 5.92 Å². The molecule has 2 heterocycles. The quantitative estimate of drug-likeness (QED) is 0.687. The van der Waals surface area contributed by atoms with Crippen LogP contribution in [0.5, 0.6) is 0 Å². The lowest BCUT2D eigenvalue weighted by Gasteiger charge is -2.44. The summed E-state index contributed by atoms with van der Waals surface area (Å²) in [6.07, 6.45) is 6.26. The number of rotatable bonds is 1. The molecule has 1 aliphatic carbocycles. The topological polar surface area (TPSA) is 30.5 Å². The van der Waals surface area contributed by atoms with E-state index in [4.69, 9.17) is 9.47 Å². The summed E-state index contributed by atoms with van der Waals surface area (Å²) in [4.78, 5) is 0. The molecule has 2 aliphatic heterocycles. The van der Waals surface area contributed by atoms with Crippen LogP contribution in [-0.2, 0) is 9.47 Å². The lowest BCUT2D eigenvalue weighted by Crippen LogP contribution is -2.61. The fourth-order valence-electron chi connectivity index (χ4n) is 2.68. The third-order valence-electron chi connectivity index (χ3n) is 3.65. The van der Waals surface area contributed by atoms with E-state index in [1.165, 1.54) is 19.3 Å². The second-order valence-electron chi connectivity index (χ2n) is 4.88. The number of hydrogen-bond donors (Lipinski definition) is 1. The first-order valence-electron chi connectivity index (χ1n) is 5.87. The molecule has 3 fully saturated rings. The van der Waals surface area contributed by atoms with Crippen molar-refractivity contribution < 1.29 is 9.47 Å². The second kappa shape index (κ2) is 3.47. The van der Waals surface area contributed by atoms with E-state index < -0.39 is 0 Å². The summed E-state index contributed by atoms with van der Waals surface area (Å²) in [5.41, 5.74) is -0.121. The standard InChI is InChI=1S/C11H19NO2/c1-5-11(8-13-6-1)12-10(4-7-14-11)9-2-3-9/h9-10,12H,1-8H2. The molecule has 0 aromatic heterocycles. The zero-order chi connectivity index (χ0) is 9.43. The van der Waals surface area contributed by atoms with Gasteiger partial charge in [-0.2, -0.15) is 0 Å². The van der Waals surface area contributed by atoms with Crippen LogP contribution in [0.1, 0.15) is 32.1 Å². The normalized spacial score (nSPS) is 44.1. The molecular formula is C11H19NO2. The van der Waals surface area contributed by atoms with E-state index in [2.05, 4.69) is 5.32 Å².